The molecule has 0 aliphatic heterocycles. The molecule has 0 spiro atoms. The molecule has 12 heteroatoms. The van der Waals surface area contributed by atoms with Crippen LogP contribution in [0.25, 0.3) is 0 Å². The van der Waals surface area contributed by atoms with Crippen LogP contribution in [0.2, 0.25) is 0 Å². The summed E-state index contributed by atoms with van der Waals surface area (Å²) >= 11 is 0. The van der Waals surface area contributed by atoms with Crippen molar-refractivity contribution in [3.63, 3.8) is 0 Å². The number of halogens is 3. The van der Waals surface area contributed by atoms with Gasteiger partial charge in [0.25, 0.3) is 11.9 Å². The number of carbonyl (C=O) groups excluding carboxylic acids is 1. The SMILES string of the molecule is CNc1nc(OCCOc2cccc(OC(F)(F)F)c2)n(Cc2ccccc2)c1C(=O)NCCCO. The average molecular weight is 508 g/mol. The number of aliphatic hydroxyl groups is 1. The third-order valence-corrected chi connectivity index (χ3v) is 4.81. The molecule has 3 aromatic rings. The normalized spacial score (nSPS) is 11.1. The van der Waals surface area contributed by atoms with Crippen LogP contribution in [0, 0.1) is 0 Å². The van der Waals surface area contributed by atoms with Crippen molar-refractivity contribution in [1.82, 2.24) is 14.9 Å². The van der Waals surface area contributed by atoms with Crippen LogP contribution in [0.1, 0.15) is 22.5 Å². The van der Waals surface area contributed by atoms with Crippen molar-refractivity contribution >= 4 is 11.7 Å². The number of carbonyl (C=O) groups is 1. The first-order valence-electron chi connectivity index (χ1n) is 11.1. The Balaban J connectivity index is 1.73. The molecule has 3 N–H and O–H groups in total. The van der Waals surface area contributed by atoms with Gasteiger partial charge in [-0.25, -0.2) is 0 Å². The van der Waals surface area contributed by atoms with Crippen molar-refractivity contribution in [1.29, 1.82) is 0 Å². The lowest BCUT2D eigenvalue weighted by atomic mass is 10.2. The van der Waals surface area contributed by atoms with E-state index in [0.717, 1.165) is 11.6 Å². The highest BCUT2D eigenvalue weighted by Crippen LogP contribution is 2.27. The number of nitrogens with one attached hydrogen (secondary N) is 2. The highest BCUT2D eigenvalue weighted by Gasteiger charge is 2.31. The van der Waals surface area contributed by atoms with Crippen molar-refractivity contribution in [3.05, 3.63) is 65.9 Å². The number of aliphatic hydroxyl groups excluding tert-OH is 1. The van der Waals surface area contributed by atoms with Gasteiger partial charge < -0.3 is 30.0 Å². The Hall–Kier alpha value is -3.93. The molecule has 1 heterocycles. The van der Waals surface area contributed by atoms with Gasteiger partial charge in [0, 0.05) is 26.3 Å². The molecule has 194 valence electrons. The lowest BCUT2D eigenvalue weighted by Crippen LogP contribution is -2.28. The minimum atomic E-state index is -4.80. The van der Waals surface area contributed by atoms with Crippen LogP contribution in [0.3, 0.4) is 0 Å². The van der Waals surface area contributed by atoms with E-state index in [1.807, 2.05) is 30.3 Å². The second kappa shape index (κ2) is 12.7. The van der Waals surface area contributed by atoms with Crippen LogP contribution in [-0.4, -0.2) is 60.3 Å². The number of aromatic nitrogens is 2. The van der Waals surface area contributed by atoms with Crippen LogP contribution in [-0.2, 0) is 6.54 Å². The van der Waals surface area contributed by atoms with Gasteiger partial charge in [-0.1, -0.05) is 36.4 Å². The minimum absolute atomic E-state index is 0.000580. The number of anilines is 1. The predicted octanol–water partition coefficient (Wildman–Crippen LogP) is 3.44. The first-order valence-corrected chi connectivity index (χ1v) is 11.1. The lowest BCUT2D eigenvalue weighted by molar-refractivity contribution is -0.274. The fourth-order valence-corrected chi connectivity index (χ4v) is 3.28. The third kappa shape index (κ3) is 7.80. The summed E-state index contributed by atoms with van der Waals surface area (Å²) in [4.78, 5) is 17.3. The second-order valence-electron chi connectivity index (χ2n) is 7.47. The molecule has 0 fully saturated rings. The Morgan fingerprint density at radius 2 is 1.78 bits per heavy atom. The molecule has 1 aromatic heterocycles. The summed E-state index contributed by atoms with van der Waals surface area (Å²) in [7, 11) is 1.63. The Kier molecular flexibility index (Phi) is 9.39. The zero-order chi connectivity index (χ0) is 26.0. The number of rotatable bonds is 13. The van der Waals surface area contributed by atoms with E-state index in [-0.39, 0.29) is 49.7 Å². The molecular weight excluding hydrogens is 481 g/mol. The number of benzene rings is 2. The molecule has 0 atom stereocenters. The molecule has 0 saturated heterocycles. The highest BCUT2D eigenvalue weighted by atomic mass is 19.4. The number of ether oxygens (including phenoxy) is 3. The summed E-state index contributed by atoms with van der Waals surface area (Å²) in [5.74, 6) is -0.299. The van der Waals surface area contributed by atoms with Crippen molar-refractivity contribution < 1.29 is 37.3 Å². The molecule has 0 radical (unpaired) electrons. The second-order valence-corrected chi connectivity index (χ2v) is 7.47. The van der Waals surface area contributed by atoms with Crippen LogP contribution < -0.4 is 24.8 Å². The van der Waals surface area contributed by atoms with Crippen molar-refractivity contribution in [2.75, 3.05) is 38.7 Å². The number of hydrogen-bond donors (Lipinski definition) is 3. The highest BCUT2D eigenvalue weighted by molar-refractivity contribution is 5.97. The van der Waals surface area contributed by atoms with E-state index in [9.17, 15) is 18.0 Å². The van der Waals surface area contributed by atoms with Gasteiger partial charge in [-0.05, 0) is 24.1 Å². The van der Waals surface area contributed by atoms with E-state index in [0.29, 0.717) is 18.8 Å². The van der Waals surface area contributed by atoms with Gasteiger partial charge in [0.2, 0.25) is 0 Å². The number of imidazole rings is 1. The first kappa shape index (κ1) is 26.7. The van der Waals surface area contributed by atoms with Gasteiger partial charge >= 0.3 is 6.36 Å². The molecule has 0 bridgehead atoms. The third-order valence-electron chi connectivity index (χ3n) is 4.81. The molecule has 1 amide bonds. The van der Waals surface area contributed by atoms with Crippen molar-refractivity contribution in [3.8, 4) is 17.5 Å². The van der Waals surface area contributed by atoms with Crippen molar-refractivity contribution in [2.45, 2.75) is 19.3 Å². The Morgan fingerprint density at radius 3 is 2.47 bits per heavy atom. The number of alkyl halides is 3. The molecule has 0 saturated carbocycles. The lowest BCUT2D eigenvalue weighted by Gasteiger charge is -2.14. The molecule has 36 heavy (non-hydrogen) atoms. The van der Waals surface area contributed by atoms with Gasteiger partial charge in [0.15, 0.2) is 11.5 Å². The van der Waals surface area contributed by atoms with E-state index in [4.69, 9.17) is 14.6 Å². The van der Waals surface area contributed by atoms with Gasteiger partial charge in [-0.15, -0.1) is 13.2 Å². The summed E-state index contributed by atoms with van der Waals surface area (Å²) in [5.41, 5.74) is 1.16. The minimum Gasteiger partial charge on any atom is -0.490 e. The van der Waals surface area contributed by atoms with E-state index in [2.05, 4.69) is 20.4 Å². The molecule has 9 nitrogen and oxygen atoms in total. The predicted molar refractivity (Wildman–Crippen MR) is 125 cm³/mol. The van der Waals surface area contributed by atoms with Gasteiger partial charge in [0.05, 0.1) is 6.54 Å². The monoisotopic (exact) mass is 508 g/mol. The molecule has 2 aromatic carbocycles. The zero-order valence-corrected chi connectivity index (χ0v) is 19.5. The molecule has 0 aliphatic carbocycles. The van der Waals surface area contributed by atoms with E-state index in [1.165, 1.54) is 18.2 Å². The molecule has 3 rings (SSSR count). The van der Waals surface area contributed by atoms with Crippen LogP contribution >= 0.6 is 0 Å². The maximum absolute atomic E-state index is 12.9. The van der Waals surface area contributed by atoms with E-state index in [1.54, 1.807) is 11.6 Å². The van der Waals surface area contributed by atoms with Crippen molar-refractivity contribution in [2.24, 2.45) is 0 Å². The fourth-order valence-electron chi connectivity index (χ4n) is 3.28. The zero-order valence-electron chi connectivity index (χ0n) is 19.5. The number of nitrogens with zero attached hydrogens (tertiary/aromatic N) is 2. The summed E-state index contributed by atoms with van der Waals surface area (Å²) in [6.45, 7) is 0.537. The maximum atomic E-state index is 12.9. The number of amides is 1. The quantitative estimate of drug-likeness (QED) is 0.304. The van der Waals surface area contributed by atoms with Gasteiger partial charge in [-0.3, -0.25) is 9.36 Å². The first-order chi connectivity index (χ1) is 17.3. The van der Waals surface area contributed by atoms with Gasteiger partial charge in [-0.2, -0.15) is 4.98 Å². The smallest absolute Gasteiger partial charge is 0.490 e. The number of hydrogen-bond acceptors (Lipinski definition) is 7. The van der Waals surface area contributed by atoms with Crippen LogP contribution in [0.4, 0.5) is 19.0 Å². The summed E-state index contributed by atoms with van der Waals surface area (Å²) in [6, 6.07) is 14.7. The maximum Gasteiger partial charge on any atom is 0.573 e. The Labute approximate surface area is 205 Å². The summed E-state index contributed by atoms with van der Waals surface area (Å²) in [6.07, 6.45) is -4.39. The summed E-state index contributed by atoms with van der Waals surface area (Å²) < 4.78 is 54.1. The molecule has 0 unspecified atom stereocenters. The van der Waals surface area contributed by atoms with Crippen LogP contribution in [0.5, 0.6) is 17.5 Å². The van der Waals surface area contributed by atoms with Gasteiger partial charge in [0.1, 0.15) is 24.7 Å². The largest absolute Gasteiger partial charge is 0.573 e. The Morgan fingerprint density at radius 1 is 1.06 bits per heavy atom. The standard InChI is InChI=1S/C24H27F3N4O5/c1-28-21-20(22(33)29-11-6-12-32)31(16-17-7-3-2-4-8-17)23(30-21)35-14-13-34-18-9-5-10-19(15-18)36-24(25,26)27/h2-5,7-10,15,28,32H,6,11-14,16H2,1H3,(H,29,33). The van der Waals surface area contributed by atoms with Crippen LogP contribution in [0.15, 0.2) is 54.6 Å². The van der Waals surface area contributed by atoms with E-state index < -0.39 is 12.1 Å². The van der Waals surface area contributed by atoms with E-state index >= 15 is 0 Å². The Bertz CT molecular complexity index is 1120. The molecule has 0 aliphatic rings. The fraction of sp³-hybridized carbons (Fsp3) is 0.333. The molecular formula is C24H27F3N4O5. The summed E-state index contributed by atoms with van der Waals surface area (Å²) in [5, 5.41) is 14.6. The average Bonchev–Trinajstić information content (AvgIpc) is 3.19. The topological polar surface area (TPSA) is 107 Å².